The lowest BCUT2D eigenvalue weighted by Gasteiger charge is -2.06. The fourth-order valence-electron chi connectivity index (χ4n) is 1.12. The van der Waals surface area contributed by atoms with Gasteiger partial charge in [0.05, 0.1) is 13.2 Å². The van der Waals surface area contributed by atoms with E-state index < -0.39 is 5.97 Å². The van der Waals surface area contributed by atoms with E-state index in [0.717, 1.165) is 11.8 Å². The number of ether oxygens (including phenoxy) is 2. The molecule has 0 aliphatic carbocycles. The highest BCUT2D eigenvalue weighted by Crippen LogP contribution is 2.11. The normalized spacial score (nSPS) is 9.56. The predicted octanol–water partition coefficient (Wildman–Crippen LogP) is 2.49. The van der Waals surface area contributed by atoms with E-state index in [2.05, 4.69) is 6.58 Å². The Balaban J connectivity index is 2.14. The summed E-state index contributed by atoms with van der Waals surface area (Å²) in [5.41, 5.74) is 1.20. The van der Waals surface area contributed by atoms with E-state index in [-0.39, 0.29) is 0 Å². The van der Waals surface area contributed by atoms with Gasteiger partial charge in [-0.2, -0.15) is 0 Å². The second-order valence-corrected chi connectivity index (χ2v) is 3.39. The molecule has 0 atom stereocenters. The van der Waals surface area contributed by atoms with Crippen molar-refractivity contribution in [1.82, 2.24) is 0 Å². The van der Waals surface area contributed by atoms with Crippen LogP contribution in [0.15, 0.2) is 36.9 Å². The molecule has 0 heterocycles. The Morgan fingerprint density at radius 1 is 1.31 bits per heavy atom. The number of aryl methyl sites for hydroxylation is 1. The van der Waals surface area contributed by atoms with Crippen LogP contribution in [0, 0.1) is 6.92 Å². The third-order valence-corrected chi connectivity index (χ3v) is 1.99. The van der Waals surface area contributed by atoms with E-state index in [0.29, 0.717) is 19.6 Å². The largest absolute Gasteiger partial charge is 0.493 e. The summed E-state index contributed by atoms with van der Waals surface area (Å²) in [6.07, 6.45) is 1.83. The second kappa shape index (κ2) is 6.67. The van der Waals surface area contributed by atoms with Crippen LogP contribution in [-0.4, -0.2) is 19.2 Å². The van der Waals surface area contributed by atoms with Crippen LogP contribution in [0.2, 0.25) is 0 Å². The van der Waals surface area contributed by atoms with Crippen molar-refractivity contribution >= 4 is 5.97 Å². The summed E-state index contributed by atoms with van der Waals surface area (Å²) in [7, 11) is 0. The summed E-state index contributed by atoms with van der Waals surface area (Å²) < 4.78 is 10.3. The fraction of sp³-hybridized carbons (Fsp3) is 0.308. The summed E-state index contributed by atoms with van der Waals surface area (Å²) in [5, 5.41) is 0. The molecular formula is C13H16O3. The number of benzene rings is 1. The topological polar surface area (TPSA) is 35.5 Å². The molecule has 0 unspecified atom stereocenters. The van der Waals surface area contributed by atoms with E-state index in [1.165, 1.54) is 5.56 Å². The van der Waals surface area contributed by atoms with E-state index in [1.807, 2.05) is 31.2 Å². The quantitative estimate of drug-likeness (QED) is 0.420. The van der Waals surface area contributed by atoms with Crippen molar-refractivity contribution < 1.29 is 14.3 Å². The number of rotatable bonds is 6. The van der Waals surface area contributed by atoms with E-state index in [4.69, 9.17) is 9.47 Å². The molecule has 0 amide bonds. The molecule has 0 N–H and O–H groups in total. The highest BCUT2D eigenvalue weighted by Gasteiger charge is 1.96. The van der Waals surface area contributed by atoms with Gasteiger partial charge in [0.25, 0.3) is 0 Å². The summed E-state index contributed by atoms with van der Waals surface area (Å²) in [4.78, 5) is 10.7. The van der Waals surface area contributed by atoms with E-state index in [1.54, 1.807) is 0 Å². The van der Waals surface area contributed by atoms with E-state index >= 15 is 0 Å². The Kier molecular flexibility index (Phi) is 5.12. The van der Waals surface area contributed by atoms with Crippen molar-refractivity contribution in [3.8, 4) is 5.75 Å². The van der Waals surface area contributed by atoms with Crippen molar-refractivity contribution in [3.63, 3.8) is 0 Å². The first-order chi connectivity index (χ1) is 7.72. The minimum Gasteiger partial charge on any atom is -0.493 e. The second-order valence-electron chi connectivity index (χ2n) is 3.39. The van der Waals surface area contributed by atoms with Gasteiger partial charge in [-0.3, -0.25) is 0 Å². The first-order valence-corrected chi connectivity index (χ1v) is 5.21. The van der Waals surface area contributed by atoms with E-state index in [9.17, 15) is 4.79 Å². The number of hydrogen-bond donors (Lipinski definition) is 0. The maximum absolute atomic E-state index is 10.7. The lowest BCUT2D eigenvalue weighted by molar-refractivity contribution is -0.137. The van der Waals surface area contributed by atoms with Crippen LogP contribution in [0.4, 0.5) is 0 Å². The van der Waals surface area contributed by atoms with Crippen molar-refractivity contribution in [2.75, 3.05) is 13.2 Å². The average Bonchev–Trinajstić information content (AvgIpc) is 2.31. The highest BCUT2D eigenvalue weighted by atomic mass is 16.5. The van der Waals surface area contributed by atoms with Crippen LogP contribution in [0.5, 0.6) is 5.75 Å². The first-order valence-electron chi connectivity index (χ1n) is 5.21. The molecule has 86 valence electrons. The zero-order valence-corrected chi connectivity index (χ0v) is 9.44. The SMILES string of the molecule is C=CC(=O)OCCCOc1ccc(C)cc1. The van der Waals surface area contributed by atoms with Gasteiger partial charge in [0, 0.05) is 12.5 Å². The third-order valence-electron chi connectivity index (χ3n) is 1.99. The molecule has 0 fully saturated rings. The van der Waals surface area contributed by atoms with Gasteiger partial charge in [-0.1, -0.05) is 24.3 Å². The van der Waals surface area contributed by atoms with Gasteiger partial charge in [0.2, 0.25) is 0 Å². The highest BCUT2D eigenvalue weighted by molar-refractivity contribution is 5.81. The molecule has 0 aliphatic heterocycles. The molecule has 3 heteroatoms. The molecule has 0 bridgehead atoms. The molecule has 0 saturated carbocycles. The standard InChI is InChI=1S/C13H16O3/c1-3-13(14)16-10-4-9-15-12-7-5-11(2)6-8-12/h3,5-8H,1,4,9-10H2,2H3. The van der Waals surface area contributed by atoms with Crippen LogP contribution in [0.3, 0.4) is 0 Å². The molecule has 16 heavy (non-hydrogen) atoms. The minimum atomic E-state index is -0.393. The van der Waals surface area contributed by atoms with Crippen LogP contribution in [0.25, 0.3) is 0 Å². The van der Waals surface area contributed by atoms with Crippen LogP contribution in [-0.2, 0) is 9.53 Å². The Hall–Kier alpha value is -1.77. The molecule has 1 aromatic rings. The molecular weight excluding hydrogens is 204 g/mol. The number of carbonyl (C=O) groups is 1. The van der Waals surface area contributed by atoms with Gasteiger partial charge in [0.1, 0.15) is 5.75 Å². The van der Waals surface area contributed by atoms with Crippen LogP contribution in [0.1, 0.15) is 12.0 Å². The van der Waals surface area contributed by atoms with Gasteiger partial charge < -0.3 is 9.47 Å². The van der Waals surface area contributed by atoms with Gasteiger partial charge in [-0.15, -0.1) is 0 Å². The lowest BCUT2D eigenvalue weighted by Crippen LogP contribution is -2.06. The summed E-state index contributed by atoms with van der Waals surface area (Å²) in [5.74, 6) is 0.441. The molecule has 1 aromatic carbocycles. The maximum atomic E-state index is 10.7. The van der Waals surface area contributed by atoms with Crippen molar-refractivity contribution in [3.05, 3.63) is 42.5 Å². The summed E-state index contributed by atoms with van der Waals surface area (Å²) in [6.45, 7) is 6.23. The average molecular weight is 220 g/mol. The molecule has 0 spiro atoms. The molecule has 1 rings (SSSR count). The van der Waals surface area contributed by atoms with Crippen molar-refractivity contribution in [1.29, 1.82) is 0 Å². The molecule has 0 saturated heterocycles. The molecule has 0 radical (unpaired) electrons. The third kappa shape index (κ3) is 4.64. The minimum absolute atomic E-state index is 0.358. The Morgan fingerprint density at radius 2 is 2.00 bits per heavy atom. The lowest BCUT2D eigenvalue weighted by atomic mass is 10.2. The number of esters is 1. The van der Waals surface area contributed by atoms with Gasteiger partial charge in [-0.25, -0.2) is 4.79 Å². The van der Waals surface area contributed by atoms with Gasteiger partial charge in [0.15, 0.2) is 0 Å². The Bertz CT molecular complexity index is 341. The summed E-state index contributed by atoms with van der Waals surface area (Å²) >= 11 is 0. The fourth-order valence-corrected chi connectivity index (χ4v) is 1.12. The molecule has 0 aromatic heterocycles. The zero-order chi connectivity index (χ0) is 11.8. The maximum Gasteiger partial charge on any atom is 0.330 e. The van der Waals surface area contributed by atoms with Gasteiger partial charge >= 0.3 is 5.97 Å². The Morgan fingerprint density at radius 3 is 2.62 bits per heavy atom. The number of carbonyl (C=O) groups excluding carboxylic acids is 1. The first kappa shape index (κ1) is 12.3. The molecule has 0 aliphatic rings. The summed E-state index contributed by atoms with van der Waals surface area (Å²) in [6, 6.07) is 7.83. The number of hydrogen-bond acceptors (Lipinski definition) is 3. The molecule has 3 nitrogen and oxygen atoms in total. The van der Waals surface area contributed by atoms with Crippen molar-refractivity contribution in [2.24, 2.45) is 0 Å². The Labute approximate surface area is 95.7 Å². The predicted molar refractivity (Wildman–Crippen MR) is 62.4 cm³/mol. The van der Waals surface area contributed by atoms with Gasteiger partial charge in [-0.05, 0) is 19.1 Å². The monoisotopic (exact) mass is 220 g/mol. The van der Waals surface area contributed by atoms with Crippen LogP contribution >= 0.6 is 0 Å². The van der Waals surface area contributed by atoms with Crippen LogP contribution < -0.4 is 4.74 Å². The van der Waals surface area contributed by atoms with Crippen molar-refractivity contribution in [2.45, 2.75) is 13.3 Å². The smallest absolute Gasteiger partial charge is 0.330 e. The zero-order valence-electron chi connectivity index (χ0n) is 9.44.